The van der Waals surface area contributed by atoms with Crippen LogP contribution in [0.4, 0.5) is 0 Å². The van der Waals surface area contributed by atoms with Crippen LogP contribution >= 0.6 is 0 Å². The molecule has 0 aliphatic rings. The molecule has 60 valence electrons. The van der Waals surface area contributed by atoms with Gasteiger partial charge in [0.25, 0.3) is 0 Å². The average molecular weight is 161 g/mol. The lowest BCUT2D eigenvalue weighted by atomic mass is 10.4. The Morgan fingerprint density at radius 3 is 3.17 bits per heavy atom. The molecular weight excluding hydrogens is 154 g/mol. The van der Waals surface area contributed by atoms with Gasteiger partial charge in [-0.2, -0.15) is 5.26 Å². The van der Waals surface area contributed by atoms with Gasteiger partial charge in [-0.15, -0.1) is 0 Å². The van der Waals surface area contributed by atoms with Crippen LogP contribution in [0.25, 0.3) is 6.08 Å². The molecule has 0 radical (unpaired) electrons. The van der Waals surface area contributed by atoms with Crippen LogP contribution in [0.2, 0.25) is 0 Å². The first-order chi connectivity index (χ1) is 5.83. The number of rotatable bonds is 2. The summed E-state index contributed by atoms with van der Waals surface area (Å²) in [4.78, 5) is 0. The fourth-order valence-electron chi connectivity index (χ4n) is 0.653. The van der Waals surface area contributed by atoms with Crippen LogP contribution in [0.5, 0.6) is 0 Å². The number of nitrogens with one attached hydrogen (secondary N) is 2. The van der Waals surface area contributed by atoms with Gasteiger partial charge in [0.15, 0.2) is 6.19 Å². The Balaban J connectivity index is 2.52. The molecule has 0 bridgehead atoms. The molecular formula is C8H7N3O. The third kappa shape index (κ3) is 2.31. The Bertz CT molecular complexity index is 319. The highest BCUT2D eigenvalue weighted by molar-refractivity contribution is 5.94. The lowest BCUT2D eigenvalue weighted by molar-refractivity contribution is 0.557. The van der Waals surface area contributed by atoms with Crippen molar-refractivity contribution in [2.45, 2.75) is 0 Å². The first kappa shape index (κ1) is 8.08. The van der Waals surface area contributed by atoms with E-state index in [2.05, 4.69) is 5.32 Å². The van der Waals surface area contributed by atoms with Crippen LogP contribution in [0.3, 0.4) is 0 Å². The molecule has 0 fully saturated rings. The summed E-state index contributed by atoms with van der Waals surface area (Å²) in [5.41, 5.74) is 0. The minimum Gasteiger partial charge on any atom is -0.465 e. The summed E-state index contributed by atoms with van der Waals surface area (Å²) < 4.78 is 4.97. The van der Waals surface area contributed by atoms with Gasteiger partial charge in [-0.3, -0.25) is 10.7 Å². The molecule has 0 unspecified atom stereocenters. The predicted octanol–water partition coefficient (Wildman–Crippen LogP) is 1.34. The lowest BCUT2D eigenvalue weighted by Crippen LogP contribution is -2.12. The minimum absolute atomic E-state index is 0.0360. The number of nitrogens with zero attached hydrogens (tertiary/aromatic N) is 1. The maximum Gasteiger partial charge on any atom is 0.182 e. The standard InChI is InChI=1S/C8H7N3O/c9-6-11-8(10)4-3-7-2-1-5-12-7/h1-5H,(H2,10,11)/b4-3+. The molecule has 4 heteroatoms. The smallest absolute Gasteiger partial charge is 0.182 e. The summed E-state index contributed by atoms with van der Waals surface area (Å²) in [5, 5.41) is 17.4. The maximum absolute atomic E-state index is 8.13. The summed E-state index contributed by atoms with van der Waals surface area (Å²) in [7, 11) is 0. The zero-order valence-corrected chi connectivity index (χ0v) is 6.24. The highest BCUT2D eigenvalue weighted by atomic mass is 16.3. The Morgan fingerprint density at radius 2 is 2.58 bits per heavy atom. The summed E-state index contributed by atoms with van der Waals surface area (Å²) in [5.74, 6) is 0.688. The van der Waals surface area contributed by atoms with Crippen molar-refractivity contribution in [2.24, 2.45) is 0 Å². The van der Waals surface area contributed by atoms with E-state index in [9.17, 15) is 0 Å². The average Bonchev–Trinajstić information content (AvgIpc) is 2.53. The lowest BCUT2D eigenvalue weighted by Gasteiger charge is -1.88. The van der Waals surface area contributed by atoms with Crippen LogP contribution in [0.15, 0.2) is 28.9 Å². The van der Waals surface area contributed by atoms with E-state index in [-0.39, 0.29) is 5.84 Å². The first-order valence-electron chi connectivity index (χ1n) is 3.28. The van der Waals surface area contributed by atoms with Gasteiger partial charge in [0.05, 0.1) is 6.26 Å². The van der Waals surface area contributed by atoms with Crippen molar-refractivity contribution in [3.8, 4) is 6.19 Å². The molecule has 4 nitrogen and oxygen atoms in total. The zero-order valence-electron chi connectivity index (χ0n) is 6.24. The highest BCUT2D eigenvalue weighted by Crippen LogP contribution is 2.01. The molecule has 0 aromatic carbocycles. The largest absolute Gasteiger partial charge is 0.465 e. The van der Waals surface area contributed by atoms with Crippen molar-refractivity contribution in [3.05, 3.63) is 30.2 Å². The second-order valence-corrected chi connectivity index (χ2v) is 2.00. The SMILES string of the molecule is N#CNC(=N)/C=C/c1ccco1. The van der Waals surface area contributed by atoms with E-state index in [1.165, 1.54) is 6.08 Å². The Kier molecular flexibility index (Phi) is 2.68. The Morgan fingerprint density at radius 1 is 1.75 bits per heavy atom. The van der Waals surface area contributed by atoms with Crippen LogP contribution in [0, 0.1) is 16.9 Å². The molecule has 1 rings (SSSR count). The monoisotopic (exact) mass is 161 g/mol. The maximum atomic E-state index is 8.13. The highest BCUT2D eigenvalue weighted by Gasteiger charge is 1.89. The van der Waals surface area contributed by atoms with Crippen molar-refractivity contribution in [3.63, 3.8) is 0 Å². The van der Waals surface area contributed by atoms with E-state index in [1.54, 1.807) is 30.7 Å². The molecule has 0 spiro atoms. The third-order valence-electron chi connectivity index (χ3n) is 1.15. The van der Waals surface area contributed by atoms with Crippen LogP contribution in [-0.4, -0.2) is 5.84 Å². The number of nitriles is 1. The quantitative estimate of drug-likeness (QED) is 0.297. The van der Waals surface area contributed by atoms with Gasteiger partial charge in [-0.1, -0.05) is 0 Å². The van der Waals surface area contributed by atoms with Gasteiger partial charge in [0.2, 0.25) is 0 Å². The van der Waals surface area contributed by atoms with Gasteiger partial charge < -0.3 is 4.42 Å². The Hall–Kier alpha value is -2.02. The molecule has 0 saturated carbocycles. The van der Waals surface area contributed by atoms with E-state index in [0.29, 0.717) is 5.76 Å². The molecule has 2 N–H and O–H groups in total. The molecule has 1 heterocycles. The summed E-state index contributed by atoms with van der Waals surface area (Å²) >= 11 is 0. The fraction of sp³-hybridized carbons (Fsp3) is 0. The predicted molar refractivity (Wildman–Crippen MR) is 44.2 cm³/mol. The van der Waals surface area contributed by atoms with Crippen molar-refractivity contribution >= 4 is 11.9 Å². The molecule has 1 aromatic rings. The number of amidine groups is 1. The third-order valence-corrected chi connectivity index (χ3v) is 1.15. The summed E-state index contributed by atoms with van der Waals surface area (Å²) in [6.07, 6.45) is 6.23. The van der Waals surface area contributed by atoms with Gasteiger partial charge in [-0.05, 0) is 24.3 Å². The molecule has 0 amide bonds. The number of hydrogen-bond acceptors (Lipinski definition) is 3. The van der Waals surface area contributed by atoms with Crippen molar-refractivity contribution < 1.29 is 4.42 Å². The summed E-state index contributed by atoms with van der Waals surface area (Å²) in [6.45, 7) is 0. The molecule has 0 saturated heterocycles. The van der Waals surface area contributed by atoms with Crippen molar-refractivity contribution in [2.75, 3.05) is 0 Å². The minimum atomic E-state index is 0.0360. The van der Waals surface area contributed by atoms with Gasteiger partial charge in [0, 0.05) is 0 Å². The van der Waals surface area contributed by atoms with Gasteiger partial charge >= 0.3 is 0 Å². The molecule has 0 aliphatic heterocycles. The second-order valence-electron chi connectivity index (χ2n) is 2.00. The Labute approximate surface area is 69.6 Å². The first-order valence-corrected chi connectivity index (χ1v) is 3.28. The zero-order chi connectivity index (χ0) is 8.81. The van der Waals surface area contributed by atoms with E-state index in [4.69, 9.17) is 15.1 Å². The van der Waals surface area contributed by atoms with E-state index in [0.717, 1.165) is 0 Å². The number of furan rings is 1. The van der Waals surface area contributed by atoms with Crippen LogP contribution in [0.1, 0.15) is 5.76 Å². The second kappa shape index (κ2) is 3.98. The topological polar surface area (TPSA) is 72.8 Å². The van der Waals surface area contributed by atoms with E-state index >= 15 is 0 Å². The molecule has 0 atom stereocenters. The van der Waals surface area contributed by atoms with Crippen molar-refractivity contribution in [1.82, 2.24) is 5.32 Å². The number of hydrogen-bond donors (Lipinski definition) is 2. The fourth-order valence-corrected chi connectivity index (χ4v) is 0.653. The van der Waals surface area contributed by atoms with Gasteiger partial charge in [-0.25, -0.2) is 0 Å². The molecule has 0 aliphatic carbocycles. The van der Waals surface area contributed by atoms with Crippen molar-refractivity contribution in [1.29, 1.82) is 10.7 Å². The molecule has 12 heavy (non-hydrogen) atoms. The van der Waals surface area contributed by atoms with Gasteiger partial charge in [0.1, 0.15) is 11.6 Å². The van der Waals surface area contributed by atoms with Crippen LogP contribution in [-0.2, 0) is 0 Å². The van der Waals surface area contributed by atoms with Crippen LogP contribution < -0.4 is 5.32 Å². The molecule has 1 aromatic heterocycles. The summed E-state index contributed by atoms with van der Waals surface area (Å²) in [6, 6.07) is 3.51. The van der Waals surface area contributed by atoms with E-state index < -0.39 is 0 Å². The normalized spacial score (nSPS) is 9.58. The van der Waals surface area contributed by atoms with E-state index in [1.807, 2.05) is 0 Å².